The molecule has 1 aliphatic carbocycles. The second-order valence-electron chi connectivity index (χ2n) is 7.37. The van der Waals surface area contributed by atoms with Gasteiger partial charge in [0.15, 0.2) is 5.13 Å². The molecule has 31 heavy (non-hydrogen) atoms. The summed E-state index contributed by atoms with van der Waals surface area (Å²) in [7, 11) is 0. The molecule has 0 saturated heterocycles. The highest BCUT2D eigenvalue weighted by atomic mass is 32.1. The van der Waals surface area contributed by atoms with Gasteiger partial charge in [-0.3, -0.25) is 19.8 Å². The van der Waals surface area contributed by atoms with Crippen LogP contribution < -0.4 is 10.6 Å². The van der Waals surface area contributed by atoms with Crippen molar-refractivity contribution in [2.75, 3.05) is 10.6 Å². The number of urea groups is 1. The molecule has 0 fully saturated rings. The van der Waals surface area contributed by atoms with Crippen LogP contribution in [0.3, 0.4) is 0 Å². The van der Waals surface area contributed by atoms with E-state index in [9.17, 15) is 18.8 Å². The van der Waals surface area contributed by atoms with Gasteiger partial charge in [0.1, 0.15) is 5.82 Å². The molecule has 2 N–H and O–H groups in total. The number of benzene rings is 2. The molecule has 1 atom stereocenters. The first kappa shape index (κ1) is 19.4. The van der Waals surface area contributed by atoms with Crippen LogP contribution in [0.15, 0.2) is 48.5 Å². The highest BCUT2D eigenvalue weighted by Crippen LogP contribution is 2.34. The molecular weight excluding hydrogens is 419 g/mol. The van der Waals surface area contributed by atoms with E-state index in [2.05, 4.69) is 15.6 Å². The molecule has 2 aromatic carbocycles. The molecular formula is C22H17FN4O3S. The van der Waals surface area contributed by atoms with Gasteiger partial charge in [-0.05, 0) is 37.1 Å². The van der Waals surface area contributed by atoms with Crippen molar-refractivity contribution < 1.29 is 18.8 Å². The summed E-state index contributed by atoms with van der Waals surface area (Å²) in [4.78, 5) is 44.5. The van der Waals surface area contributed by atoms with E-state index in [0.29, 0.717) is 35.5 Å². The summed E-state index contributed by atoms with van der Waals surface area (Å²) < 4.78 is 13.7. The minimum absolute atomic E-state index is 0.0759. The number of hydrogen-bond donors (Lipinski definition) is 2. The van der Waals surface area contributed by atoms with Gasteiger partial charge in [-0.25, -0.2) is 14.2 Å². The van der Waals surface area contributed by atoms with E-state index in [4.69, 9.17) is 0 Å². The normalized spacial score (nSPS) is 17.3. The number of aryl methyl sites for hydroxylation is 1. The van der Waals surface area contributed by atoms with Gasteiger partial charge in [0.2, 0.25) is 0 Å². The smallest absolute Gasteiger partial charge is 0.305 e. The van der Waals surface area contributed by atoms with Crippen LogP contribution in [-0.4, -0.2) is 33.8 Å². The van der Waals surface area contributed by atoms with E-state index in [0.717, 1.165) is 10.6 Å². The lowest BCUT2D eigenvalue weighted by Gasteiger charge is -2.28. The van der Waals surface area contributed by atoms with Gasteiger partial charge in [-0.15, -0.1) is 11.3 Å². The number of carbonyl (C=O) groups is 3. The van der Waals surface area contributed by atoms with Gasteiger partial charge in [0.05, 0.1) is 22.5 Å². The SMILES string of the molecule is O=C(Nc1nc2c(s1)CC(N1C(=O)c3ccccc3C1=O)CC2)Nc1ccccc1F. The highest BCUT2D eigenvalue weighted by molar-refractivity contribution is 7.15. The number of aromatic nitrogens is 1. The van der Waals surface area contributed by atoms with E-state index >= 15 is 0 Å². The quantitative estimate of drug-likeness (QED) is 0.606. The van der Waals surface area contributed by atoms with E-state index in [-0.39, 0.29) is 23.5 Å². The molecule has 4 amide bonds. The molecule has 3 aromatic rings. The van der Waals surface area contributed by atoms with Crippen molar-refractivity contribution >= 4 is 40.0 Å². The number of fused-ring (bicyclic) bond motifs is 2. The highest BCUT2D eigenvalue weighted by Gasteiger charge is 2.41. The summed E-state index contributed by atoms with van der Waals surface area (Å²) in [5.74, 6) is -1.05. The first-order chi connectivity index (χ1) is 15.0. The molecule has 1 unspecified atom stereocenters. The number of imide groups is 1. The van der Waals surface area contributed by atoms with Crippen LogP contribution in [0.2, 0.25) is 0 Å². The second kappa shape index (κ2) is 7.59. The summed E-state index contributed by atoms with van der Waals surface area (Å²) in [6, 6.07) is 11.9. The van der Waals surface area contributed by atoms with Gasteiger partial charge in [-0.2, -0.15) is 0 Å². The van der Waals surface area contributed by atoms with Crippen LogP contribution in [-0.2, 0) is 12.8 Å². The number of thiazole rings is 1. The summed E-state index contributed by atoms with van der Waals surface area (Å²) in [5.41, 5.74) is 1.80. The summed E-state index contributed by atoms with van der Waals surface area (Å²) >= 11 is 1.30. The van der Waals surface area contributed by atoms with Crippen molar-refractivity contribution in [3.63, 3.8) is 0 Å². The lowest BCUT2D eigenvalue weighted by molar-refractivity contribution is 0.0571. The van der Waals surface area contributed by atoms with Crippen molar-refractivity contribution in [1.82, 2.24) is 9.88 Å². The Morgan fingerprint density at radius 1 is 1.03 bits per heavy atom. The number of carbonyl (C=O) groups excluding carboxylic acids is 3. The Morgan fingerprint density at radius 2 is 1.71 bits per heavy atom. The standard InChI is InChI=1S/C22H17FN4O3S/c23-15-7-3-4-8-16(15)24-21(30)26-22-25-17-10-9-12(11-18(17)31-22)27-19(28)13-5-1-2-6-14(13)20(27)29/h1-8,12H,9-11H2,(H2,24,25,26,30). The van der Waals surface area contributed by atoms with E-state index in [1.165, 1.54) is 34.4 Å². The first-order valence-electron chi connectivity index (χ1n) is 9.79. The maximum Gasteiger partial charge on any atom is 0.325 e. The number of para-hydroxylation sites is 1. The van der Waals surface area contributed by atoms with E-state index in [1.54, 1.807) is 30.3 Å². The third-order valence-electron chi connectivity index (χ3n) is 5.45. The van der Waals surface area contributed by atoms with Crippen molar-refractivity contribution in [2.24, 2.45) is 0 Å². The largest absolute Gasteiger partial charge is 0.325 e. The zero-order valence-electron chi connectivity index (χ0n) is 16.2. The second-order valence-corrected chi connectivity index (χ2v) is 8.45. The van der Waals surface area contributed by atoms with Crippen LogP contribution in [0.4, 0.5) is 20.0 Å². The zero-order chi connectivity index (χ0) is 21.5. The third kappa shape index (κ3) is 3.46. The van der Waals surface area contributed by atoms with Gasteiger partial charge in [0, 0.05) is 17.3 Å². The lowest BCUT2D eigenvalue weighted by atomic mass is 9.96. The predicted octanol–water partition coefficient (Wildman–Crippen LogP) is 4.08. The molecule has 156 valence electrons. The minimum Gasteiger partial charge on any atom is -0.305 e. The van der Waals surface area contributed by atoms with Gasteiger partial charge < -0.3 is 5.32 Å². The fraction of sp³-hybridized carbons (Fsp3) is 0.182. The average molecular weight is 436 g/mol. The molecule has 7 nitrogen and oxygen atoms in total. The van der Waals surface area contributed by atoms with Crippen molar-refractivity contribution in [1.29, 1.82) is 0 Å². The zero-order valence-corrected chi connectivity index (χ0v) is 17.0. The summed E-state index contributed by atoms with van der Waals surface area (Å²) in [6.07, 6.45) is 1.71. The Labute approximate surface area is 180 Å². The summed E-state index contributed by atoms with van der Waals surface area (Å²) in [5, 5.41) is 5.48. The number of nitrogens with one attached hydrogen (secondary N) is 2. The maximum absolute atomic E-state index is 13.7. The molecule has 0 radical (unpaired) electrons. The number of anilines is 2. The Kier molecular flexibility index (Phi) is 4.74. The average Bonchev–Trinajstić information content (AvgIpc) is 3.27. The Morgan fingerprint density at radius 3 is 2.42 bits per heavy atom. The molecule has 1 aliphatic heterocycles. The molecule has 1 aromatic heterocycles. The molecule has 9 heteroatoms. The van der Waals surface area contributed by atoms with Gasteiger partial charge >= 0.3 is 6.03 Å². The lowest BCUT2D eigenvalue weighted by Crippen LogP contribution is -2.42. The molecule has 2 aliphatic rings. The Balaban J connectivity index is 1.29. The third-order valence-corrected chi connectivity index (χ3v) is 6.48. The monoisotopic (exact) mass is 436 g/mol. The topological polar surface area (TPSA) is 91.4 Å². The molecule has 5 rings (SSSR count). The van der Waals surface area contributed by atoms with Crippen LogP contribution in [0.1, 0.15) is 37.7 Å². The Hall–Kier alpha value is -3.59. The van der Waals surface area contributed by atoms with Crippen LogP contribution in [0.25, 0.3) is 0 Å². The minimum atomic E-state index is -0.590. The van der Waals surface area contributed by atoms with Crippen molar-refractivity contribution in [2.45, 2.75) is 25.3 Å². The van der Waals surface area contributed by atoms with E-state index < -0.39 is 11.8 Å². The fourth-order valence-corrected chi connectivity index (χ4v) is 5.06. The number of rotatable bonds is 3. The van der Waals surface area contributed by atoms with E-state index in [1.807, 2.05) is 0 Å². The number of amides is 4. The molecule has 0 saturated carbocycles. The number of hydrogen-bond acceptors (Lipinski definition) is 5. The maximum atomic E-state index is 13.7. The van der Waals surface area contributed by atoms with Crippen molar-refractivity contribution in [3.05, 3.63) is 76.0 Å². The first-order valence-corrected chi connectivity index (χ1v) is 10.6. The van der Waals surface area contributed by atoms with Crippen molar-refractivity contribution in [3.8, 4) is 0 Å². The molecule has 2 heterocycles. The fourth-order valence-electron chi connectivity index (χ4n) is 3.98. The number of halogens is 1. The van der Waals surface area contributed by atoms with Crippen LogP contribution in [0.5, 0.6) is 0 Å². The number of nitrogens with zero attached hydrogens (tertiary/aromatic N) is 2. The molecule has 0 spiro atoms. The Bertz CT molecular complexity index is 1190. The molecule has 0 bridgehead atoms. The van der Waals surface area contributed by atoms with Gasteiger partial charge in [0.25, 0.3) is 11.8 Å². The van der Waals surface area contributed by atoms with Gasteiger partial charge in [-0.1, -0.05) is 24.3 Å². The van der Waals surface area contributed by atoms with Crippen LogP contribution >= 0.6 is 11.3 Å². The summed E-state index contributed by atoms with van der Waals surface area (Å²) in [6.45, 7) is 0. The van der Waals surface area contributed by atoms with Crippen LogP contribution in [0, 0.1) is 5.82 Å². The predicted molar refractivity (Wildman–Crippen MR) is 114 cm³/mol.